The van der Waals surface area contributed by atoms with Gasteiger partial charge in [-0.25, -0.2) is 4.39 Å². The average Bonchev–Trinajstić information content (AvgIpc) is 3.18. The van der Waals surface area contributed by atoms with Gasteiger partial charge in [-0.3, -0.25) is 13.8 Å². The third-order valence-electron chi connectivity index (χ3n) is 4.70. The normalized spacial score (nSPS) is 11.6. The summed E-state index contributed by atoms with van der Waals surface area (Å²) >= 11 is 4.72. The van der Waals surface area contributed by atoms with E-state index in [1.54, 1.807) is 16.7 Å². The molecule has 4 aromatic rings. The summed E-state index contributed by atoms with van der Waals surface area (Å²) in [4.78, 5) is 13.1. The maximum Gasteiger partial charge on any atom is 0.262 e. The van der Waals surface area contributed by atoms with Crippen LogP contribution < -0.4 is 5.56 Å². The van der Waals surface area contributed by atoms with Gasteiger partial charge >= 0.3 is 0 Å². The number of aromatic nitrogens is 4. The highest BCUT2D eigenvalue weighted by molar-refractivity contribution is 9.10. The van der Waals surface area contributed by atoms with Gasteiger partial charge in [-0.15, -0.1) is 10.2 Å². The number of ether oxygens (including phenoxy) is 1. The zero-order valence-electron chi connectivity index (χ0n) is 16.3. The lowest BCUT2D eigenvalue weighted by atomic mass is 10.2. The van der Waals surface area contributed by atoms with Crippen LogP contribution in [0, 0.1) is 5.82 Å². The van der Waals surface area contributed by atoms with Crippen molar-refractivity contribution in [2.24, 2.45) is 0 Å². The summed E-state index contributed by atoms with van der Waals surface area (Å²) in [5, 5.41) is 9.96. The summed E-state index contributed by atoms with van der Waals surface area (Å²) < 4.78 is 22.9. The minimum absolute atomic E-state index is 0.0824. The third-order valence-corrected chi connectivity index (χ3v) is 6.31. The van der Waals surface area contributed by atoms with Crippen molar-refractivity contribution in [1.82, 2.24) is 19.2 Å². The van der Waals surface area contributed by atoms with Gasteiger partial charge in [0.1, 0.15) is 5.82 Å². The van der Waals surface area contributed by atoms with E-state index in [0.717, 1.165) is 11.1 Å². The van der Waals surface area contributed by atoms with Crippen LogP contribution in [0.2, 0.25) is 0 Å². The van der Waals surface area contributed by atoms with E-state index in [-0.39, 0.29) is 11.4 Å². The molecule has 0 fully saturated rings. The van der Waals surface area contributed by atoms with Crippen molar-refractivity contribution in [1.29, 1.82) is 0 Å². The third kappa shape index (κ3) is 4.14. The number of halogens is 2. The largest absolute Gasteiger partial charge is 0.382 e. The van der Waals surface area contributed by atoms with Crippen LogP contribution >= 0.6 is 27.7 Å². The van der Waals surface area contributed by atoms with Crippen molar-refractivity contribution >= 4 is 44.4 Å². The molecular weight excluding hydrogens is 471 g/mol. The van der Waals surface area contributed by atoms with Gasteiger partial charge < -0.3 is 4.74 Å². The maximum absolute atomic E-state index is 13.5. The van der Waals surface area contributed by atoms with Crippen molar-refractivity contribution in [3.63, 3.8) is 0 Å². The van der Waals surface area contributed by atoms with Crippen LogP contribution in [0.4, 0.5) is 4.39 Å². The molecule has 0 bridgehead atoms. The van der Waals surface area contributed by atoms with E-state index in [1.807, 2.05) is 35.6 Å². The molecule has 0 spiro atoms. The predicted molar refractivity (Wildman–Crippen MR) is 120 cm³/mol. The topological polar surface area (TPSA) is 61.4 Å². The van der Waals surface area contributed by atoms with Crippen molar-refractivity contribution in [2.75, 3.05) is 13.2 Å². The van der Waals surface area contributed by atoms with Crippen LogP contribution in [-0.2, 0) is 17.0 Å². The van der Waals surface area contributed by atoms with Gasteiger partial charge in [0.15, 0.2) is 5.16 Å². The lowest BCUT2D eigenvalue weighted by Crippen LogP contribution is -2.24. The molecule has 0 amide bonds. The molecule has 0 aliphatic heterocycles. The Balaban J connectivity index is 1.73. The first-order chi connectivity index (χ1) is 14.6. The van der Waals surface area contributed by atoms with Gasteiger partial charge in [0.25, 0.3) is 5.56 Å². The lowest BCUT2D eigenvalue weighted by molar-refractivity contribution is 0.141. The van der Waals surface area contributed by atoms with Crippen LogP contribution in [0.25, 0.3) is 16.7 Å². The lowest BCUT2D eigenvalue weighted by Gasteiger charge is -2.11. The maximum atomic E-state index is 13.5. The molecule has 2 heterocycles. The van der Waals surface area contributed by atoms with E-state index >= 15 is 0 Å². The molecule has 6 nitrogen and oxygen atoms in total. The molecule has 0 saturated heterocycles. The number of benzene rings is 2. The van der Waals surface area contributed by atoms with E-state index in [4.69, 9.17) is 4.74 Å². The average molecular weight is 491 g/mol. The van der Waals surface area contributed by atoms with Crippen LogP contribution in [0.15, 0.2) is 56.9 Å². The zero-order valence-corrected chi connectivity index (χ0v) is 18.7. The summed E-state index contributed by atoms with van der Waals surface area (Å²) in [6.07, 6.45) is 0.709. The SMILES string of the molecule is CCOCCCn1c(=O)c2ccccc2n2c(SCc3ccc(F)c(Br)c3)nnc12. The standard InChI is InChI=1S/C21H20BrFN4O2S/c1-2-29-11-5-10-26-19(28)15-6-3-4-7-18(15)27-20(26)24-25-21(27)30-13-14-8-9-17(23)16(22)12-14/h3-4,6-9,12H,2,5,10-11,13H2,1H3. The highest BCUT2D eigenvalue weighted by atomic mass is 79.9. The Morgan fingerprint density at radius 1 is 1.20 bits per heavy atom. The second-order valence-electron chi connectivity index (χ2n) is 6.68. The highest BCUT2D eigenvalue weighted by Crippen LogP contribution is 2.26. The minimum Gasteiger partial charge on any atom is -0.382 e. The second kappa shape index (κ2) is 9.28. The van der Waals surface area contributed by atoms with Gasteiger partial charge in [-0.2, -0.15) is 0 Å². The van der Waals surface area contributed by atoms with Crippen LogP contribution in [-0.4, -0.2) is 32.4 Å². The summed E-state index contributed by atoms with van der Waals surface area (Å²) in [6.45, 7) is 3.67. The molecule has 0 saturated carbocycles. The highest BCUT2D eigenvalue weighted by Gasteiger charge is 2.16. The van der Waals surface area contributed by atoms with Gasteiger partial charge in [0, 0.05) is 25.5 Å². The molecule has 0 N–H and O–H groups in total. The fourth-order valence-electron chi connectivity index (χ4n) is 3.27. The second-order valence-corrected chi connectivity index (χ2v) is 8.48. The number of thioether (sulfide) groups is 1. The Hall–Kier alpha value is -2.23. The summed E-state index contributed by atoms with van der Waals surface area (Å²) in [6, 6.07) is 12.4. The number of nitrogens with zero attached hydrogens (tertiary/aromatic N) is 4. The fourth-order valence-corrected chi connectivity index (χ4v) is 4.58. The number of aryl methyl sites for hydroxylation is 1. The minimum atomic E-state index is -0.293. The summed E-state index contributed by atoms with van der Waals surface area (Å²) in [7, 11) is 0. The predicted octanol–water partition coefficient (Wildman–Crippen LogP) is 4.66. The first kappa shape index (κ1) is 21.0. The monoisotopic (exact) mass is 490 g/mol. The number of fused-ring (bicyclic) bond motifs is 3. The number of hydrogen-bond acceptors (Lipinski definition) is 5. The molecule has 0 atom stereocenters. The summed E-state index contributed by atoms with van der Waals surface area (Å²) in [5.74, 6) is 0.814. The van der Waals surface area contributed by atoms with Crippen molar-refractivity contribution in [3.05, 3.63) is 68.7 Å². The van der Waals surface area contributed by atoms with E-state index in [9.17, 15) is 9.18 Å². The molecule has 30 heavy (non-hydrogen) atoms. The van der Waals surface area contributed by atoms with E-state index in [0.29, 0.717) is 52.7 Å². The Labute approximate surface area is 185 Å². The Morgan fingerprint density at radius 2 is 2.03 bits per heavy atom. The molecule has 9 heteroatoms. The first-order valence-corrected chi connectivity index (χ1v) is 11.4. The fraction of sp³-hybridized carbons (Fsp3) is 0.286. The van der Waals surface area contributed by atoms with Gasteiger partial charge in [0.2, 0.25) is 5.78 Å². The Morgan fingerprint density at radius 3 is 2.83 bits per heavy atom. The van der Waals surface area contributed by atoms with Crippen LogP contribution in [0.3, 0.4) is 0 Å². The van der Waals surface area contributed by atoms with Crippen molar-refractivity contribution in [3.8, 4) is 0 Å². The van der Waals surface area contributed by atoms with E-state index in [2.05, 4.69) is 26.1 Å². The molecule has 4 rings (SSSR count). The molecule has 0 radical (unpaired) electrons. The first-order valence-electron chi connectivity index (χ1n) is 9.61. The number of rotatable bonds is 8. The van der Waals surface area contributed by atoms with Gasteiger partial charge in [0.05, 0.1) is 15.4 Å². The quantitative estimate of drug-likeness (QED) is 0.265. The molecule has 0 unspecified atom stereocenters. The van der Waals surface area contributed by atoms with E-state index in [1.165, 1.54) is 17.8 Å². The Kier molecular flexibility index (Phi) is 6.50. The van der Waals surface area contributed by atoms with Gasteiger partial charge in [-0.05, 0) is 59.1 Å². The molecular formula is C21H20BrFN4O2S. The van der Waals surface area contributed by atoms with E-state index < -0.39 is 0 Å². The summed E-state index contributed by atoms with van der Waals surface area (Å²) in [5.41, 5.74) is 1.65. The molecule has 156 valence electrons. The number of hydrogen-bond donors (Lipinski definition) is 0. The molecule has 0 aliphatic rings. The number of para-hydroxylation sites is 1. The van der Waals surface area contributed by atoms with Crippen molar-refractivity contribution < 1.29 is 9.13 Å². The molecule has 0 aliphatic carbocycles. The molecule has 2 aromatic heterocycles. The Bertz CT molecular complexity index is 1260. The smallest absolute Gasteiger partial charge is 0.262 e. The zero-order chi connectivity index (χ0) is 21.1. The van der Waals surface area contributed by atoms with Crippen LogP contribution in [0.1, 0.15) is 18.9 Å². The molecule has 2 aromatic carbocycles. The van der Waals surface area contributed by atoms with Gasteiger partial charge in [-0.1, -0.05) is 30.0 Å². The van der Waals surface area contributed by atoms with Crippen LogP contribution in [0.5, 0.6) is 0 Å². The van der Waals surface area contributed by atoms with Crippen molar-refractivity contribution in [2.45, 2.75) is 30.8 Å².